The maximum absolute atomic E-state index is 3.84. The van der Waals surface area contributed by atoms with Crippen molar-refractivity contribution in [2.24, 2.45) is 5.92 Å². The molecule has 0 saturated carbocycles. The van der Waals surface area contributed by atoms with Gasteiger partial charge in [0.15, 0.2) is 0 Å². The first kappa shape index (κ1) is 23.0. The minimum Gasteiger partial charge on any atom is -0.103 e. The summed E-state index contributed by atoms with van der Waals surface area (Å²) in [6, 6.07) is 0. The molecular formula is C24H42. The number of allylic oxidation sites excluding steroid dienone is 6. The molecular weight excluding hydrogens is 288 g/mol. The second kappa shape index (κ2) is 16.8. The average molecular weight is 331 g/mol. The first-order valence-corrected chi connectivity index (χ1v) is 10.3. The third kappa shape index (κ3) is 13.4. The van der Waals surface area contributed by atoms with E-state index in [1.165, 1.54) is 64.2 Å². The van der Waals surface area contributed by atoms with Crippen molar-refractivity contribution in [2.75, 3.05) is 0 Å². The van der Waals surface area contributed by atoms with Gasteiger partial charge < -0.3 is 0 Å². The monoisotopic (exact) mass is 330 g/mol. The van der Waals surface area contributed by atoms with Crippen LogP contribution in [0.25, 0.3) is 0 Å². The van der Waals surface area contributed by atoms with Gasteiger partial charge in [0.2, 0.25) is 0 Å². The van der Waals surface area contributed by atoms with E-state index in [0.717, 1.165) is 18.8 Å². The van der Waals surface area contributed by atoms with Crippen molar-refractivity contribution in [3.8, 4) is 0 Å². The molecule has 0 aliphatic heterocycles. The second-order valence-electron chi connectivity index (χ2n) is 7.27. The fraction of sp³-hybridized carbons (Fsp3) is 0.667. The van der Waals surface area contributed by atoms with E-state index in [0.29, 0.717) is 0 Å². The number of unbranched alkanes of at least 4 members (excludes halogenated alkanes) is 6. The summed E-state index contributed by atoms with van der Waals surface area (Å²) in [5, 5.41) is 0. The van der Waals surface area contributed by atoms with E-state index in [9.17, 15) is 0 Å². The summed E-state index contributed by atoms with van der Waals surface area (Å²) in [5.74, 6) is 0.747. The average Bonchev–Trinajstić information content (AvgIpc) is 2.56. The van der Waals surface area contributed by atoms with E-state index in [1.54, 1.807) is 11.1 Å². The molecule has 0 aliphatic carbocycles. The summed E-state index contributed by atoms with van der Waals surface area (Å²) < 4.78 is 0. The van der Waals surface area contributed by atoms with Gasteiger partial charge in [-0.2, -0.15) is 0 Å². The molecule has 0 atom stereocenters. The Kier molecular flexibility index (Phi) is 16.1. The highest BCUT2D eigenvalue weighted by molar-refractivity contribution is 5.31. The van der Waals surface area contributed by atoms with Crippen molar-refractivity contribution in [1.82, 2.24) is 0 Å². The van der Waals surface area contributed by atoms with Gasteiger partial charge in [0.1, 0.15) is 0 Å². The quantitative estimate of drug-likeness (QED) is 0.151. The van der Waals surface area contributed by atoms with Gasteiger partial charge in [-0.1, -0.05) is 57.9 Å². The summed E-state index contributed by atoms with van der Waals surface area (Å²) >= 11 is 0. The normalized spacial score (nSPS) is 12.7. The maximum Gasteiger partial charge on any atom is -0.0279 e. The molecule has 0 heteroatoms. The van der Waals surface area contributed by atoms with Gasteiger partial charge in [-0.15, -0.1) is 13.2 Å². The van der Waals surface area contributed by atoms with Crippen LogP contribution >= 0.6 is 0 Å². The van der Waals surface area contributed by atoms with Crippen LogP contribution in [0, 0.1) is 5.92 Å². The summed E-state index contributed by atoms with van der Waals surface area (Å²) in [6.07, 6.45) is 24.1. The Morgan fingerprint density at radius 3 is 1.79 bits per heavy atom. The van der Waals surface area contributed by atoms with E-state index in [-0.39, 0.29) is 0 Å². The van der Waals surface area contributed by atoms with Crippen LogP contribution in [0.1, 0.15) is 97.8 Å². The molecule has 0 saturated heterocycles. The summed E-state index contributed by atoms with van der Waals surface area (Å²) in [4.78, 5) is 0. The molecule has 0 bridgehead atoms. The molecule has 0 radical (unpaired) electrons. The third-order valence-corrected chi connectivity index (χ3v) is 4.41. The van der Waals surface area contributed by atoms with Crippen molar-refractivity contribution in [3.63, 3.8) is 0 Å². The predicted octanol–water partition coefficient (Wildman–Crippen LogP) is 8.57. The fourth-order valence-corrected chi connectivity index (χ4v) is 2.97. The number of rotatable bonds is 16. The highest BCUT2D eigenvalue weighted by Crippen LogP contribution is 2.25. The first-order chi connectivity index (χ1) is 11.7. The largest absolute Gasteiger partial charge is 0.103 e. The van der Waals surface area contributed by atoms with Crippen LogP contribution in [0.5, 0.6) is 0 Å². The third-order valence-electron chi connectivity index (χ3n) is 4.41. The molecule has 0 nitrogen and oxygen atoms in total. The zero-order valence-electron chi connectivity index (χ0n) is 16.8. The van der Waals surface area contributed by atoms with Crippen molar-refractivity contribution in [2.45, 2.75) is 97.8 Å². The van der Waals surface area contributed by atoms with Crippen LogP contribution in [-0.2, 0) is 0 Å². The molecule has 0 unspecified atom stereocenters. The molecule has 0 aliphatic rings. The van der Waals surface area contributed by atoms with E-state index in [1.807, 2.05) is 12.2 Å². The Morgan fingerprint density at radius 2 is 1.25 bits per heavy atom. The van der Waals surface area contributed by atoms with Gasteiger partial charge in [0.05, 0.1) is 0 Å². The van der Waals surface area contributed by atoms with Crippen LogP contribution in [-0.4, -0.2) is 0 Å². The lowest BCUT2D eigenvalue weighted by Gasteiger charge is -2.14. The Bertz CT molecular complexity index is 367. The van der Waals surface area contributed by atoms with Crippen molar-refractivity contribution < 1.29 is 0 Å². The molecule has 138 valence electrons. The van der Waals surface area contributed by atoms with Gasteiger partial charge in [-0.25, -0.2) is 0 Å². The van der Waals surface area contributed by atoms with Crippen molar-refractivity contribution in [1.29, 1.82) is 0 Å². The zero-order valence-corrected chi connectivity index (χ0v) is 16.8. The van der Waals surface area contributed by atoms with Crippen LogP contribution < -0.4 is 0 Å². The Hall–Kier alpha value is -1.04. The summed E-state index contributed by atoms with van der Waals surface area (Å²) in [7, 11) is 0. The standard InChI is InChI=1S/C24H42/c1-6-9-11-13-14-16-19-24(21-20-22(4)5)23(17-8-3)18-15-12-10-7-2/h6-7,17,21-22H,1-2,8-16,18-20H2,3-5H3. The van der Waals surface area contributed by atoms with Gasteiger partial charge in [-0.3, -0.25) is 0 Å². The highest BCUT2D eigenvalue weighted by Gasteiger charge is 2.06. The molecule has 0 fully saturated rings. The molecule has 0 aromatic carbocycles. The van der Waals surface area contributed by atoms with Crippen molar-refractivity contribution >= 4 is 0 Å². The minimum absolute atomic E-state index is 0.747. The molecule has 0 amide bonds. The van der Waals surface area contributed by atoms with Gasteiger partial charge in [0.25, 0.3) is 0 Å². The predicted molar refractivity (Wildman–Crippen MR) is 112 cm³/mol. The molecule has 24 heavy (non-hydrogen) atoms. The lowest BCUT2D eigenvalue weighted by Crippen LogP contribution is -1.95. The summed E-state index contributed by atoms with van der Waals surface area (Å²) in [6.45, 7) is 14.5. The Morgan fingerprint density at radius 1 is 0.750 bits per heavy atom. The second-order valence-corrected chi connectivity index (χ2v) is 7.27. The maximum atomic E-state index is 3.84. The van der Waals surface area contributed by atoms with Gasteiger partial charge in [0, 0.05) is 0 Å². The van der Waals surface area contributed by atoms with Gasteiger partial charge in [-0.05, 0) is 81.3 Å². The SMILES string of the molecule is C=CCCCCCCC(=CCC(C)C)C(=CCC)CCCCC=C. The fourth-order valence-electron chi connectivity index (χ4n) is 2.97. The van der Waals surface area contributed by atoms with Crippen LogP contribution in [0.2, 0.25) is 0 Å². The molecule has 0 heterocycles. The minimum atomic E-state index is 0.747. The van der Waals surface area contributed by atoms with Crippen LogP contribution in [0.3, 0.4) is 0 Å². The summed E-state index contributed by atoms with van der Waals surface area (Å²) in [5.41, 5.74) is 3.25. The number of hydrogen-bond acceptors (Lipinski definition) is 0. The molecule has 0 rings (SSSR count). The van der Waals surface area contributed by atoms with E-state index < -0.39 is 0 Å². The van der Waals surface area contributed by atoms with E-state index in [2.05, 4.69) is 46.1 Å². The van der Waals surface area contributed by atoms with Crippen molar-refractivity contribution in [3.05, 3.63) is 48.6 Å². The first-order valence-electron chi connectivity index (χ1n) is 10.3. The van der Waals surface area contributed by atoms with Crippen LogP contribution in [0.4, 0.5) is 0 Å². The lowest BCUT2D eigenvalue weighted by molar-refractivity contribution is 0.632. The molecule has 0 aromatic rings. The topological polar surface area (TPSA) is 0 Å². The number of hydrogen-bond donors (Lipinski definition) is 0. The van der Waals surface area contributed by atoms with E-state index >= 15 is 0 Å². The molecule has 0 aromatic heterocycles. The molecule has 0 N–H and O–H groups in total. The smallest absolute Gasteiger partial charge is 0.0279 e. The van der Waals surface area contributed by atoms with Gasteiger partial charge >= 0.3 is 0 Å². The van der Waals surface area contributed by atoms with Crippen LogP contribution in [0.15, 0.2) is 48.6 Å². The molecule has 0 spiro atoms. The Balaban J connectivity index is 4.60. The zero-order chi connectivity index (χ0) is 18.0. The Labute approximate surface area is 152 Å². The highest BCUT2D eigenvalue weighted by atomic mass is 14.1. The lowest BCUT2D eigenvalue weighted by atomic mass is 9.92. The van der Waals surface area contributed by atoms with E-state index in [4.69, 9.17) is 0 Å².